The maximum atomic E-state index is 6.51. The Bertz CT molecular complexity index is 783. The minimum Gasteiger partial charge on any atom is -0.490 e. The average Bonchev–Trinajstić information content (AvgIpc) is 2.74. The standard InChI is InChI=1S/C22H28Cl2N2O3/c1-2-28-21-13-18(15-25-7-8-26-9-11-27-12-10-26)20(24)14-22(21)29-16-17-5-3-4-6-19(17)23/h3-6,13-14,25H,2,7-12,15-16H2,1H3. The lowest BCUT2D eigenvalue weighted by Crippen LogP contribution is -2.40. The van der Waals surface area contributed by atoms with Crippen LogP contribution in [0, 0.1) is 0 Å². The van der Waals surface area contributed by atoms with Crippen molar-refractivity contribution in [3.63, 3.8) is 0 Å². The van der Waals surface area contributed by atoms with E-state index >= 15 is 0 Å². The van der Waals surface area contributed by atoms with Crippen molar-refractivity contribution >= 4 is 23.2 Å². The van der Waals surface area contributed by atoms with Crippen LogP contribution in [0.5, 0.6) is 11.5 Å². The Labute approximate surface area is 182 Å². The summed E-state index contributed by atoms with van der Waals surface area (Å²) < 4.78 is 17.1. The molecule has 0 bridgehead atoms. The third-order valence-electron chi connectivity index (χ3n) is 4.78. The van der Waals surface area contributed by atoms with E-state index in [0.717, 1.165) is 50.5 Å². The molecule has 29 heavy (non-hydrogen) atoms. The molecule has 2 aromatic rings. The van der Waals surface area contributed by atoms with Gasteiger partial charge in [0.1, 0.15) is 6.61 Å². The fourth-order valence-electron chi connectivity index (χ4n) is 3.15. The van der Waals surface area contributed by atoms with Gasteiger partial charge in [-0.2, -0.15) is 0 Å². The fourth-order valence-corrected chi connectivity index (χ4v) is 3.56. The number of hydrogen-bond donors (Lipinski definition) is 1. The van der Waals surface area contributed by atoms with Crippen LogP contribution < -0.4 is 14.8 Å². The SMILES string of the molecule is CCOc1cc(CNCCN2CCOCC2)c(Cl)cc1OCc1ccccc1Cl. The van der Waals surface area contributed by atoms with Crippen molar-refractivity contribution in [3.05, 3.63) is 57.6 Å². The quantitative estimate of drug-likeness (QED) is 0.557. The second-order valence-electron chi connectivity index (χ2n) is 6.83. The highest BCUT2D eigenvalue weighted by Crippen LogP contribution is 2.34. The molecule has 158 valence electrons. The van der Waals surface area contributed by atoms with Gasteiger partial charge in [-0.3, -0.25) is 4.90 Å². The average molecular weight is 439 g/mol. The molecule has 1 N–H and O–H groups in total. The maximum absolute atomic E-state index is 6.51. The minimum atomic E-state index is 0.354. The van der Waals surface area contributed by atoms with E-state index in [2.05, 4.69) is 10.2 Å². The van der Waals surface area contributed by atoms with Crippen LogP contribution in [0.4, 0.5) is 0 Å². The highest BCUT2D eigenvalue weighted by molar-refractivity contribution is 6.31. The Morgan fingerprint density at radius 1 is 1.00 bits per heavy atom. The van der Waals surface area contributed by atoms with Crippen molar-refractivity contribution < 1.29 is 14.2 Å². The number of ether oxygens (including phenoxy) is 3. The third-order valence-corrected chi connectivity index (χ3v) is 5.50. The molecule has 2 aromatic carbocycles. The van der Waals surface area contributed by atoms with Crippen LogP contribution in [0.25, 0.3) is 0 Å². The lowest BCUT2D eigenvalue weighted by Gasteiger charge is -2.26. The van der Waals surface area contributed by atoms with Gasteiger partial charge in [-0.25, -0.2) is 0 Å². The molecule has 1 fully saturated rings. The first kappa shape index (κ1) is 22.2. The van der Waals surface area contributed by atoms with Gasteiger partial charge in [-0.15, -0.1) is 0 Å². The molecule has 1 aliphatic heterocycles. The summed E-state index contributed by atoms with van der Waals surface area (Å²) in [5.74, 6) is 1.31. The van der Waals surface area contributed by atoms with Crippen molar-refractivity contribution in [3.8, 4) is 11.5 Å². The van der Waals surface area contributed by atoms with Crippen LogP contribution >= 0.6 is 23.2 Å². The molecule has 0 radical (unpaired) electrons. The Hall–Kier alpha value is -1.50. The molecule has 3 rings (SSSR count). The molecule has 1 heterocycles. The van der Waals surface area contributed by atoms with E-state index in [1.54, 1.807) is 0 Å². The van der Waals surface area contributed by atoms with Crippen LogP contribution in [0.3, 0.4) is 0 Å². The zero-order valence-electron chi connectivity index (χ0n) is 16.8. The summed E-state index contributed by atoms with van der Waals surface area (Å²) >= 11 is 12.7. The second kappa shape index (κ2) is 11.6. The van der Waals surface area contributed by atoms with E-state index in [9.17, 15) is 0 Å². The van der Waals surface area contributed by atoms with Crippen molar-refractivity contribution in [2.45, 2.75) is 20.1 Å². The number of hydrogen-bond acceptors (Lipinski definition) is 5. The number of nitrogens with one attached hydrogen (secondary N) is 1. The zero-order valence-corrected chi connectivity index (χ0v) is 18.3. The lowest BCUT2D eigenvalue weighted by molar-refractivity contribution is 0.0384. The highest BCUT2D eigenvalue weighted by atomic mass is 35.5. The first-order valence-corrected chi connectivity index (χ1v) is 10.7. The zero-order chi connectivity index (χ0) is 20.5. The fraction of sp³-hybridized carbons (Fsp3) is 0.455. The lowest BCUT2D eigenvalue weighted by atomic mass is 10.2. The van der Waals surface area contributed by atoms with Crippen molar-refractivity contribution in [2.24, 2.45) is 0 Å². The van der Waals surface area contributed by atoms with Gasteiger partial charge in [0.15, 0.2) is 11.5 Å². The van der Waals surface area contributed by atoms with Gasteiger partial charge in [-0.05, 0) is 24.6 Å². The topological polar surface area (TPSA) is 43.0 Å². The summed E-state index contributed by atoms with van der Waals surface area (Å²) in [7, 11) is 0. The van der Waals surface area contributed by atoms with Gasteiger partial charge in [0.2, 0.25) is 0 Å². The summed E-state index contributed by atoms with van der Waals surface area (Å²) in [6.45, 7) is 9.05. The Morgan fingerprint density at radius 3 is 2.52 bits per heavy atom. The summed E-state index contributed by atoms with van der Waals surface area (Å²) in [5.41, 5.74) is 1.91. The first-order valence-electron chi connectivity index (χ1n) is 9.99. The van der Waals surface area contributed by atoms with Gasteiger partial charge < -0.3 is 19.5 Å². The van der Waals surface area contributed by atoms with E-state index in [0.29, 0.717) is 41.3 Å². The molecule has 0 aliphatic carbocycles. The predicted octanol–water partition coefficient (Wildman–Crippen LogP) is 4.39. The smallest absolute Gasteiger partial charge is 0.163 e. The number of morpholine rings is 1. The monoisotopic (exact) mass is 438 g/mol. The molecular formula is C22H28Cl2N2O3. The number of nitrogens with zero attached hydrogens (tertiary/aromatic N) is 1. The Kier molecular flexibility index (Phi) is 8.90. The number of benzene rings is 2. The van der Waals surface area contributed by atoms with E-state index in [4.69, 9.17) is 37.4 Å². The highest BCUT2D eigenvalue weighted by Gasteiger charge is 2.13. The maximum Gasteiger partial charge on any atom is 0.163 e. The first-order chi connectivity index (χ1) is 14.2. The molecule has 0 atom stereocenters. The Balaban J connectivity index is 1.58. The number of halogens is 2. The van der Waals surface area contributed by atoms with Crippen LogP contribution in [0.2, 0.25) is 10.0 Å². The van der Waals surface area contributed by atoms with Gasteiger partial charge in [0.25, 0.3) is 0 Å². The van der Waals surface area contributed by atoms with Gasteiger partial charge in [0.05, 0.1) is 19.8 Å². The molecule has 0 amide bonds. The molecule has 0 unspecified atom stereocenters. The van der Waals surface area contributed by atoms with Gasteiger partial charge in [-0.1, -0.05) is 41.4 Å². The minimum absolute atomic E-state index is 0.354. The normalized spacial score (nSPS) is 14.7. The summed E-state index contributed by atoms with van der Waals surface area (Å²) in [5, 5.41) is 4.80. The molecule has 7 heteroatoms. The van der Waals surface area contributed by atoms with Crippen LogP contribution in [-0.2, 0) is 17.9 Å². The van der Waals surface area contributed by atoms with E-state index < -0.39 is 0 Å². The van der Waals surface area contributed by atoms with Crippen LogP contribution in [-0.4, -0.2) is 50.9 Å². The third kappa shape index (κ3) is 6.76. The molecule has 1 aliphatic rings. The molecule has 0 aromatic heterocycles. The van der Waals surface area contributed by atoms with E-state index in [1.165, 1.54) is 0 Å². The Morgan fingerprint density at radius 2 is 1.76 bits per heavy atom. The predicted molar refractivity (Wildman–Crippen MR) is 117 cm³/mol. The second-order valence-corrected chi connectivity index (χ2v) is 7.65. The molecule has 5 nitrogen and oxygen atoms in total. The van der Waals surface area contributed by atoms with Gasteiger partial charge >= 0.3 is 0 Å². The van der Waals surface area contributed by atoms with Crippen molar-refractivity contribution in [2.75, 3.05) is 46.0 Å². The summed E-state index contributed by atoms with van der Waals surface area (Å²) in [4.78, 5) is 2.40. The van der Waals surface area contributed by atoms with E-state index in [-0.39, 0.29) is 0 Å². The van der Waals surface area contributed by atoms with E-state index in [1.807, 2.05) is 43.3 Å². The molecule has 0 saturated carbocycles. The summed E-state index contributed by atoms with van der Waals surface area (Å²) in [6, 6.07) is 11.4. The molecule has 1 saturated heterocycles. The van der Waals surface area contributed by atoms with Crippen LogP contribution in [0.1, 0.15) is 18.1 Å². The van der Waals surface area contributed by atoms with Crippen molar-refractivity contribution in [1.29, 1.82) is 0 Å². The van der Waals surface area contributed by atoms with Crippen LogP contribution in [0.15, 0.2) is 36.4 Å². The molecule has 0 spiro atoms. The molecular weight excluding hydrogens is 411 g/mol. The largest absolute Gasteiger partial charge is 0.490 e. The summed E-state index contributed by atoms with van der Waals surface area (Å²) in [6.07, 6.45) is 0. The van der Waals surface area contributed by atoms with Crippen molar-refractivity contribution in [1.82, 2.24) is 10.2 Å². The van der Waals surface area contributed by atoms with Gasteiger partial charge in [0, 0.05) is 54.4 Å². The number of rotatable bonds is 10.